The fraction of sp³-hybridized carbons (Fsp3) is 0.417. The van der Waals surface area contributed by atoms with Gasteiger partial charge in [-0.2, -0.15) is 0 Å². The fourth-order valence-corrected chi connectivity index (χ4v) is 1.44. The second-order valence-corrected chi connectivity index (χ2v) is 3.62. The van der Waals surface area contributed by atoms with Crippen LogP contribution in [0, 0.1) is 6.92 Å². The van der Waals surface area contributed by atoms with Gasteiger partial charge in [-0.1, -0.05) is 29.8 Å². The Labute approximate surface area is 103 Å². The molecule has 1 rings (SSSR count). The lowest BCUT2D eigenvalue weighted by atomic mass is 10.1. The summed E-state index contributed by atoms with van der Waals surface area (Å²) in [7, 11) is 1.76. The van der Waals surface area contributed by atoms with E-state index in [1.165, 1.54) is 11.1 Å². The lowest BCUT2D eigenvalue weighted by Crippen LogP contribution is -2.33. The number of carbonyl (C=O) groups excluding carboxylic acids is 1. The van der Waals surface area contributed by atoms with Crippen molar-refractivity contribution in [2.45, 2.75) is 13.3 Å². The molecule has 0 unspecified atom stereocenters. The molecule has 0 radical (unpaired) electrons. The SMILES string of the molecule is CNCC(=O)NCCc1cccc(C)c1.Cl. The van der Waals surface area contributed by atoms with E-state index in [4.69, 9.17) is 0 Å². The zero-order valence-corrected chi connectivity index (χ0v) is 10.6. The molecule has 0 aliphatic rings. The Kier molecular flexibility index (Phi) is 7.60. The highest BCUT2D eigenvalue weighted by Gasteiger charge is 1.98. The van der Waals surface area contributed by atoms with Gasteiger partial charge < -0.3 is 10.6 Å². The number of halogens is 1. The molecule has 90 valence electrons. The summed E-state index contributed by atoms with van der Waals surface area (Å²) in [5.41, 5.74) is 2.52. The average Bonchev–Trinajstić information content (AvgIpc) is 2.18. The van der Waals surface area contributed by atoms with Gasteiger partial charge in [-0.3, -0.25) is 4.79 Å². The van der Waals surface area contributed by atoms with Crippen LogP contribution in [0.2, 0.25) is 0 Å². The van der Waals surface area contributed by atoms with Gasteiger partial charge in [-0.25, -0.2) is 0 Å². The predicted molar refractivity (Wildman–Crippen MR) is 69.1 cm³/mol. The molecule has 3 nitrogen and oxygen atoms in total. The van der Waals surface area contributed by atoms with Gasteiger partial charge in [0.1, 0.15) is 0 Å². The number of rotatable bonds is 5. The number of carbonyl (C=O) groups is 1. The van der Waals surface area contributed by atoms with Crippen LogP contribution in [0.4, 0.5) is 0 Å². The van der Waals surface area contributed by atoms with E-state index in [0.29, 0.717) is 13.1 Å². The minimum absolute atomic E-state index is 0. The van der Waals surface area contributed by atoms with Crippen molar-refractivity contribution in [1.82, 2.24) is 10.6 Å². The summed E-state index contributed by atoms with van der Waals surface area (Å²) in [5, 5.41) is 5.66. The smallest absolute Gasteiger partial charge is 0.233 e. The third kappa shape index (κ3) is 5.73. The Balaban J connectivity index is 0.00000225. The van der Waals surface area contributed by atoms with E-state index >= 15 is 0 Å². The Morgan fingerprint density at radius 3 is 2.75 bits per heavy atom. The largest absolute Gasteiger partial charge is 0.355 e. The van der Waals surface area contributed by atoms with E-state index < -0.39 is 0 Å². The summed E-state index contributed by atoms with van der Waals surface area (Å²) < 4.78 is 0. The molecular weight excluding hydrogens is 224 g/mol. The number of benzene rings is 1. The van der Waals surface area contributed by atoms with E-state index in [1.54, 1.807) is 7.05 Å². The highest BCUT2D eigenvalue weighted by Crippen LogP contribution is 2.03. The van der Waals surface area contributed by atoms with Crippen LogP contribution in [0.25, 0.3) is 0 Å². The van der Waals surface area contributed by atoms with Crippen molar-refractivity contribution in [2.75, 3.05) is 20.1 Å². The van der Waals surface area contributed by atoms with Crippen LogP contribution in [0.1, 0.15) is 11.1 Å². The van der Waals surface area contributed by atoms with Crippen molar-refractivity contribution in [2.24, 2.45) is 0 Å². The zero-order valence-electron chi connectivity index (χ0n) is 9.75. The van der Waals surface area contributed by atoms with E-state index in [9.17, 15) is 4.79 Å². The van der Waals surface area contributed by atoms with E-state index in [2.05, 4.69) is 35.8 Å². The molecule has 16 heavy (non-hydrogen) atoms. The monoisotopic (exact) mass is 242 g/mol. The van der Waals surface area contributed by atoms with E-state index in [1.807, 2.05) is 6.07 Å². The van der Waals surface area contributed by atoms with Crippen molar-refractivity contribution in [3.05, 3.63) is 35.4 Å². The lowest BCUT2D eigenvalue weighted by molar-refractivity contribution is -0.120. The molecule has 0 fully saturated rings. The number of likely N-dealkylation sites (N-methyl/N-ethyl adjacent to an activating group) is 1. The first kappa shape index (κ1) is 14.9. The molecular formula is C12H19ClN2O. The molecule has 1 aromatic carbocycles. The summed E-state index contributed by atoms with van der Waals surface area (Å²) in [5.74, 6) is 0.0464. The van der Waals surface area contributed by atoms with Gasteiger partial charge in [0, 0.05) is 6.54 Å². The molecule has 0 saturated heterocycles. The maximum absolute atomic E-state index is 11.1. The summed E-state index contributed by atoms with van der Waals surface area (Å²) in [6, 6.07) is 8.34. The second-order valence-electron chi connectivity index (χ2n) is 3.62. The van der Waals surface area contributed by atoms with Gasteiger partial charge in [-0.15, -0.1) is 12.4 Å². The molecule has 0 aliphatic heterocycles. The molecule has 0 spiro atoms. The van der Waals surface area contributed by atoms with Gasteiger partial charge in [0.25, 0.3) is 0 Å². The van der Waals surface area contributed by atoms with Gasteiger partial charge >= 0.3 is 0 Å². The summed E-state index contributed by atoms with van der Waals surface area (Å²) in [6.45, 7) is 3.15. The Morgan fingerprint density at radius 1 is 1.38 bits per heavy atom. The normalized spacial score (nSPS) is 9.38. The van der Waals surface area contributed by atoms with Gasteiger partial charge in [0.2, 0.25) is 5.91 Å². The molecule has 0 aromatic heterocycles. The summed E-state index contributed by atoms with van der Waals surface area (Å²) in [4.78, 5) is 11.1. The minimum Gasteiger partial charge on any atom is -0.355 e. The van der Waals surface area contributed by atoms with Crippen molar-refractivity contribution in [3.8, 4) is 0 Å². The van der Waals surface area contributed by atoms with Crippen LogP contribution in [-0.4, -0.2) is 26.0 Å². The van der Waals surface area contributed by atoms with Crippen LogP contribution >= 0.6 is 12.4 Å². The van der Waals surface area contributed by atoms with E-state index in [-0.39, 0.29) is 18.3 Å². The highest BCUT2D eigenvalue weighted by atomic mass is 35.5. The topological polar surface area (TPSA) is 41.1 Å². The Morgan fingerprint density at radius 2 is 2.12 bits per heavy atom. The molecule has 1 aromatic rings. The maximum atomic E-state index is 11.1. The van der Waals surface area contributed by atoms with Gasteiger partial charge in [0.15, 0.2) is 0 Å². The number of hydrogen-bond acceptors (Lipinski definition) is 2. The molecule has 4 heteroatoms. The lowest BCUT2D eigenvalue weighted by Gasteiger charge is -2.05. The fourth-order valence-electron chi connectivity index (χ4n) is 1.44. The minimum atomic E-state index is 0. The van der Waals surface area contributed by atoms with Gasteiger partial charge in [-0.05, 0) is 26.0 Å². The summed E-state index contributed by atoms with van der Waals surface area (Å²) >= 11 is 0. The van der Waals surface area contributed by atoms with Crippen LogP contribution in [0.5, 0.6) is 0 Å². The number of hydrogen-bond donors (Lipinski definition) is 2. The number of amides is 1. The molecule has 0 saturated carbocycles. The molecule has 0 atom stereocenters. The molecule has 2 N–H and O–H groups in total. The Bertz CT molecular complexity index is 329. The second kappa shape index (κ2) is 8.13. The highest BCUT2D eigenvalue weighted by molar-refractivity contribution is 5.85. The average molecular weight is 243 g/mol. The predicted octanol–water partition coefficient (Wildman–Crippen LogP) is 1.29. The van der Waals surface area contributed by atoms with Crippen molar-refractivity contribution in [3.63, 3.8) is 0 Å². The molecule has 0 heterocycles. The maximum Gasteiger partial charge on any atom is 0.233 e. The van der Waals surface area contributed by atoms with Crippen LogP contribution < -0.4 is 10.6 Å². The Hall–Kier alpha value is -1.06. The molecule has 1 amide bonds. The summed E-state index contributed by atoms with van der Waals surface area (Å²) in [6.07, 6.45) is 0.886. The first-order valence-electron chi connectivity index (χ1n) is 5.19. The molecule has 0 bridgehead atoms. The van der Waals surface area contributed by atoms with Crippen molar-refractivity contribution in [1.29, 1.82) is 0 Å². The standard InChI is InChI=1S/C12H18N2O.ClH/c1-10-4-3-5-11(8-10)6-7-14-12(15)9-13-2;/h3-5,8,13H,6-7,9H2,1-2H3,(H,14,15);1H. The first-order valence-corrected chi connectivity index (χ1v) is 5.19. The van der Waals surface area contributed by atoms with Crippen molar-refractivity contribution < 1.29 is 4.79 Å². The third-order valence-corrected chi connectivity index (χ3v) is 2.16. The van der Waals surface area contributed by atoms with E-state index in [0.717, 1.165) is 6.42 Å². The quantitative estimate of drug-likeness (QED) is 0.817. The van der Waals surface area contributed by atoms with Gasteiger partial charge in [0.05, 0.1) is 6.54 Å². The number of aryl methyl sites for hydroxylation is 1. The van der Waals surface area contributed by atoms with Crippen LogP contribution in [0.3, 0.4) is 0 Å². The third-order valence-electron chi connectivity index (χ3n) is 2.16. The van der Waals surface area contributed by atoms with Crippen LogP contribution in [-0.2, 0) is 11.2 Å². The number of nitrogens with one attached hydrogen (secondary N) is 2. The zero-order chi connectivity index (χ0) is 11.1. The first-order chi connectivity index (χ1) is 7.22. The van der Waals surface area contributed by atoms with Crippen LogP contribution in [0.15, 0.2) is 24.3 Å². The van der Waals surface area contributed by atoms with Crippen molar-refractivity contribution >= 4 is 18.3 Å². The molecule has 0 aliphatic carbocycles.